The van der Waals surface area contributed by atoms with E-state index in [1.807, 2.05) is 0 Å². The number of aromatic nitrogens is 2. The summed E-state index contributed by atoms with van der Waals surface area (Å²) in [5.41, 5.74) is 0.655. The minimum atomic E-state index is -1.23. The second-order valence-corrected chi connectivity index (χ2v) is 5.05. The van der Waals surface area contributed by atoms with Crippen molar-refractivity contribution in [3.05, 3.63) is 53.1 Å². The van der Waals surface area contributed by atoms with Gasteiger partial charge in [0, 0.05) is 31.1 Å². The third-order valence-electron chi connectivity index (χ3n) is 3.60. The molecule has 1 aromatic heterocycles. The maximum Gasteiger partial charge on any atom is 0.223 e. The number of rotatable bonds is 3. The number of amides is 1. The SMILES string of the molecule is O=C1CC(c2cc(F)cc(F)c2F)CN1Cc1ccn[nH]1. The summed E-state index contributed by atoms with van der Waals surface area (Å²) in [6.45, 7) is 0.534. The average Bonchev–Trinajstić information content (AvgIpc) is 3.05. The lowest BCUT2D eigenvalue weighted by molar-refractivity contribution is -0.128. The van der Waals surface area contributed by atoms with Gasteiger partial charge in [-0.1, -0.05) is 0 Å². The lowest BCUT2D eigenvalue weighted by Crippen LogP contribution is -2.24. The van der Waals surface area contributed by atoms with Gasteiger partial charge in [-0.05, 0) is 17.7 Å². The molecule has 1 unspecified atom stereocenters. The van der Waals surface area contributed by atoms with Gasteiger partial charge in [-0.15, -0.1) is 0 Å². The summed E-state index contributed by atoms with van der Waals surface area (Å²) in [5.74, 6) is -3.89. The summed E-state index contributed by atoms with van der Waals surface area (Å²) in [4.78, 5) is 13.5. The van der Waals surface area contributed by atoms with Crippen LogP contribution in [0.3, 0.4) is 0 Å². The third kappa shape index (κ3) is 2.63. The fourth-order valence-electron chi connectivity index (χ4n) is 2.58. The molecule has 0 aliphatic carbocycles. The van der Waals surface area contributed by atoms with Gasteiger partial charge < -0.3 is 4.90 Å². The molecular formula is C14H12F3N3O. The molecule has 1 aliphatic heterocycles. The molecule has 1 aliphatic rings. The van der Waals surface area contributed by atoms with Crippen LogP contribution in [0.15, 0.2) is 24.4 Å². The van der Waals surface area contributed by atoms with Gasteiger partial charge in [-0.25, -0.2) is 13.2 Å². The van der Waals surface area contributed by atoms with Crippen molar-refractivity contribution in [1.29, 1.82) is 0 Å². The summed E-state index contributed by atoms with van der Waals surface area (Å²) in [6.07, 6.45) is 1.60. The summed E-state index contributed by atoms with van der Waals surface area (Å²) < 4.78 is 40.3. The van der Waals surface area contributed by atoms with Gasteiger partial charge in [-0.2, -0.15) is 5.10 Å². The van der Waals surface area contributed by atoms with Crippen LogP contribution in [-0.4, -0.2) is 27.5 Å². The Balaban J connectivity index is 1.81. The van der Waals surface area contributed by atoms with Crippen LogP contribution in [0, 0.1) is 17.5 Å². The van der Waals surface area contributed by atoms with E-state index < -0.39 is 23.4 Å². The third-order valence-corrected chi connectivity index (χ3v) is 3.60. The fourth-order valence-corrected chi connectivity index (χ4v) is 2.58. The van der Waals surface area contributed by atoms with Gasteiger partial charge in [0.15, 0.2) is 11.6 Å². The highest BCUT2D eigenvalue weighted by Crippen LogP contribution is 2.32. The maximum absolute atomic E-state index is 13.8. The molecule has 2 aromatic rings. The zero-order chi connectivity index (χ0) is 15.0. The van der Waals surface area contributed by atoms with Crippen molar-refractivity contribution in [3.8, 4) is 0 Å². The Kier molecular flexibility index (Phi) is 3.40. The van der Waals surface area contributed by atoms with Crippen molar-refractivity contribution < 1.29 is 18.0 Å². The molecule has 1 atom stereocenters. The van der Waals surface area contributed by atoms with Crippen molar-refractivity contribution in [3.63, 3.8) is 0 Å². The van der Waals surface area contributed by atoms with Crippen LogP contribution in [0.5, 0.6) is 0 Å². The lowest BCUT2D eigenvalue weighted by Gasteiger charge is -2.16. The number of nitrogens with zero attached hydrogens (tertiary/aromatic N) is 2. The van der Waals surface area contributed by atoms with Gasteiger partial charge in [0.2, 0.25) is 5.91 Å². The molecule has 110 valence electrons. The lowest BCUT2D eigenvalue weighted by atomic mass is 9.97. The van der Waals surface area contributed by atoms with Gasteiger partial charge >= 0.3 is 0 Å². The van der Waals surface area contributed by atoms with Crippen LogP contribution < -0.4 is 0 Å². The average molecular weight is 295 g/mol. The quantitative estimate of drug-likeness (QED) is 0.884. The maximum atomic E-state index is 13.8. The molecule has 0 saturated carbocycles. The van der Waals surface area contributed by atoms with E-state index in [0.29, 0.717) is 12.6 Å². The smallest absolute Gasteiger partial charge is 0.223 e. The predicted octanol–water partition coefficient (Wildman–Crippen LogP) is 2.34. The van der Waals surface area contributed by atoms with Crippen molar-refractivity contribution >= 4 is 5.91 Å². The van der Waals surface area contributed by atoms with Crippen LogP contribution in [0.25, 0.3) is 0 Å². The van der Waals surface area contributed by atoms with E-state index in [-0.39, 0.29) is 24.4 Å². The summed E-state index contributed by atoms with van der Waals surface area (Å²) >= 11 is 0. The van der Waals surface area contributed by atoms with E-state index in [2.05, 4.69) is 10.2 Å². The molecule has 3 rings (SSSR count). The zero-order valence-electron chi connectivity index (χ0n) is 10.9. The Morgan fingerprint density at radius 2 is 2.14 bits per heavy atom. The van der Waals surface area contributed by atoms with Crippen molar-refractivity contribution in [2.75, 3.05) is 6.54 Å². The molecule has 0 spiro atoms. The van der Waals surface area contributed by atoms with Crippen LogP contribution in [0.4, 0.5) is 13.2 Å². The Morgan fingerprint density at radius 3 is 2.86 bits per heavy atom. The van der Waals surface area contributed by atoms with Crippen molar-refractivity contribution in [1.82, 2.24) is 15.1 Å². The molecule has 0 radical (unpaired) electrons. The largest absolute Gasteiger partial charge is 0.336 e. The minimum absolute atomic E-state index is 0.0357. The van der Waals surface area contributed by atoms with E-state index in [0.717, 1.165) is 11.8 Å². The first-order chi connectivity index (χ1) is 10.0. The van der Waals surface area contributed by atoms with E-state index in [9.17, 15) is 18.0 Å². The molecule has 1 saturated heterocycles. The molecule has 0 bridgehead atoms. The number of hydrogen-bond donors (Lipinski definition) is 1. The molecule has 1 N–H and O–H groups in total. The Bertz CT molecular complexity index is 672. The molecule has 4 nitrogen and oxygen atoms in total. The Hall–Kier alpha value is -2.31. The fraction of sp³-hybridized carbons (Fsp3) is 0.286. The zero-order valence-corrected chi connectivity index (χ0v) is 10.9. The minimum Gasteiger partial charge on any atom is -0.336 e. The number of H-pyrrole nitrogens is 1. The summed E-state index contributed by atoms with van der Waals surface area (Å²) in [5, 5.41) is 6.51. The highest BCUT2D eigenvalue weighted by Gasteiger charge is 2.33. The van der Waals surface area contributed by atoms with Crippen LogP contribution in [0.1, 0.15) is 23.6 Å². The van der Waals surface area contributed by atoms with E-state index in [1.54, 1.807) is 12.3 Å². The molecule has 2 heterocycles. The highest BCUT2D eigenvalue weighted by atomic mass is 19.2. The first-order valence-electron chi connectivity index (χ1n) is 6.45. The van der Waals surface area contributed by atoms with Crippen LogP contribution >= 0.6 is 0 Å². The standard InChI is InChI=1S/C14H12F3N3O/c15-9-4-11(14(17)12(16)5-9)8-3-13(21)20(6-8)7-10-1-2-18-19-10/h1-2,4-5,8H,3,6-7H2,(H,18,19). The number of aromatic amines is 1. The number of carbonyl (C=O) groups is 1. The normalized spacial score (nSPS) is 18.5. The van der Waals surface area contributed by atoms with Gasteiger partial charge in [-0.3, -0.25) is 9.89 Å². The van der Waals surface area contributed by atoms with Gasteiger partial charge in [0.25, 0.3) is 0 Å². The first-order valence-corrected chi connectivity index (χ1v) is 6.45. The highest BCUT2D eigenvalue weighted by molar-refractivity contribution is 5.79. The van der Waals surface area contributed by atoms with Crippen molar-refractivity contribution in [2.24, 2.45) is 0 Å². The molecule has 1 amide bonds. The molecule has 21 heavy (non-hydrogen) atoms. The predicted molar refractivity (Wildman–Crippen MR) is 67.7 cm³/mol. The Morgan fingerprint density at radius 1 is 1.33 bits per heavy atom. The van der Waals surface area contributed by atoms with E-state index in [1.165, 1.54) is 4.90 Å². The van der Waals surface area contributed by atoms with Crippen molar-refractivity contribution in [2.45, 2.75) is 18.9 Å². The second-order valence-electron chi connectivity index (χ2n) is 5.05. The van der Waals surface area contributed by atoms with Gasteiger partial charge in [0.1, 0.15) is 5.82 Å². The molecule has 1 aromatic carbocycles. The monoisotopic (exact) mass is 295 g/mol. The molecule has 7 heteroatoms. The number of halogens is 3. The topological polar surface area (TPSA) is 49.0 Å². The van der Waals surface area contributed by atoms with E-state index >= 15 is 0 Å². The van der Waals surface area contributed by atoms with Crippen LogP contribution in [-0.2, 0) is 11.3 Å². The van der Waals surface area contributed by atoms with Crippen LogP contribution in [0.2, 0.25) is 0 Å². The molecule has 1 fully saturated rings. The summed E-state index contributed by atoms with van der Waals surface area (Å²) in [6, 6.07) is 3.18. The number of carbonyl (C=O) groups excluding carboxylic acids is 1. The summed E-state index contributed by atoms with van der Waals surface area (Å²) in [7, 11) is 0. The first kappa shape index (κ1) is 13.7. The number of nitrogens with one attached hydrogen (secondary N) is 1. The van der Waals surface area contributed by atoms with Gasteiger partial charge in [0.05, 0.1) is 12.2 Å². The van der Waals surface area contributed by atoms with E-state index in [4.69, 9.17) is 0 Å². The number of likely N-dealkylation sites (tertiary alicyclic amines) is 1. The second kappa shape index (κ2) is 5.23. The molecular weight excluding hydrogens is 283 g/mol. The Labute approximate surface area is 118 Å². The number of benzene rings is 1. The number of hydrogen-bond acceptors (Lipinski definition) is 2.